The highest BCUT2D eigenvalue weighted by atomic mass is 32.2. The van der Waals surface area contributed by atoms with Crippen LogP contribution < -0.4 is 10.5 Å². The van der Waals surface area contributed by atoms with Gasteiger partial charge in [0.15, 0.2) is 15.5 Å². The largest absolute Gasteiger partial charge is 0.438 e. The van der Waals surface area contributed by atoms with Crippen LogP contribution in [-0.2, 0) is 9.84 Å². The molecule has 0 spiro atoms. The number of nitrogens with two attached hydrogens (primary N) is 1. The Balaban J connectivity index is 1.97. The number of aromatic nitrogens is 4. The second kappa shape index (κ2) is 4.70. The Bertz CT molecular complexity index is 902. The van der Waals surface area contributed by atoms with Crippen molar-refractivity contribution in [2.24, 2.45) is 0 Å². The Morgan fingerprint density at radius 1 is 1.19 bits per heavy atom. The highest BCUT2D eigenvalue weighted by Crippen LogP contribution is 2.27. The van der Waals surface area contributed by atoms with Gasteiger partial charge in [-0.2, -0.15) is 15.1 Å². The fourth-order valence-electron chi connectivity index (χ4n) is 1.77. The summed E-state index contributed by atoms with van der Waals surface area (Å²) in [6, 6.07) is 6.00. The number of nitrogens with zero attached hydrogens (tertiary/aromatic N) is 3. The van der Waals surface area contributed by atoms with Crippen LogP contribution in [0.25, 0.3) is 11.0 Å². The molecule has 21 heavy (non-hydrogen) atoms. The molecule has 8 nitrogen and oxygen atoms in total. The Morgan fingerprint density at radius 2 is 1.90 bits per heavy atom. The number of hydrogen-bond acceptors (Lipinski definition) is 7. The number of hydrogen-bond donors (Lipinski definition) is 2. The number of benzene rings is 1. The minimum absolute atomic E-state index is 0.0505. The van der Waals surface area contributed by atoms with E-state index in [9.17, 15) is 8.42 Å². The minimum Gasteiger partial charge on any atom is -0.438 e. The van der Waals surface area contributed by atoms with Gasteiger partial charge in [0.05, 0.1) is 11.1 Å². The van der Waals surface area contributed by atoms with Gasteiger partial charge >= 0.3 is 0 Å². The first-order valence-corrected chi connectivity index (χ1v) is 7.77. The molecule has 0 amide bonds. The molecule has 0 aliphatic carbocycles. The van der Waals surface area contributed by atoms with E-state index < -0.39 is 9.84 Å². The zero-order valence-electron chi connectivity index (χ0n) is 10.9. The molecule has 0 aliphatic heterocycles. The molecule has 0 aliphatic rings. The third kappa shape index (κ3) is 2.63. The normalized spacial score (nSPS) is 11.7. The van der Waals surface area contributed by atoms with Crippen LogP contribution in [-0.4, -0.2) is 34.8 Å². The number of aromatic amines is 1. The average Bonchev–Trinajstić information content (AvgIpc) is 2.86. The number of anilines is 1. The molecule has 3 N–H and O–H groups in total. The van der Waals surface area contributed by atoms with Gasteiger partial charge in [0.1, 0.15) is 11.1 Å². The summed E-state index contributed by atoms with van der Waals surface area (Å²) >= 11 is 0. The first-order valence-electron chi connectivity index (χ1n) is 5.88. The summed E-state index contributed by atoms with van der Waals surface area (Å²) < 4.78 is 28.4. The molecule has 2 aromatic heterocycles. The molecule has 0 atom stereocenters. The van der Waals surface area contributed by atoms with Crippen LogP contribution in [0.4, 0.5) is 5.95 Å². The van der Waals surface area contributed by atoms with Gasteiger partial charge in [-0.1, -0.05) is 0 Å². The molecule has 1 aromatic carbocycles. The summed E-state index contributed by atoms with van der Waals surface area (Å²) in [5.74, 6) is 0.732. The molecule has 0 unspecified atom stereocenters. The molecule has 0 fully saturated rings. The Hall–Kier alpha value is -2.68. The van der Waals surface area contributed by atoms with Crippen molar-refractivity contribution in [3.8, 4) is 11.6 Å². The van der Waals surface area contributed by atoms with Crippen molar-refractivity contribution in [3.63, 3.8) is 0 Å². The Morgan fingerprint density at radius 3 is 2.57 bits per heavy atom. The lowest BCUT2D eigenvalue weighted by atomic mass is 10.3. The van der Waals surface area contributed by atoms with Crippen molar-refractivity contribution >= 4 is 26.8 Å². The van der Waals surface area contributed by atoms with E-state index in [-0.39, 0.29) is 16.7 Å². The highest BCUT2D eigenvalue weighted by Gasteiger charge is 2.11. The number of nitrogen functional groups attached to an aromatic ring is 1. The van der Waals surface area contributed by atoms with Crippen molar-refractivity contribution in [1.82, 2.24) is 20.2 Å². The van der Waals surface area contributed by atoms with Crippen LogP contribution >= 0.6 is 0 Å². The van der Waals surface area contributed by atoms with Crippen molar-refractivity contribution in [2.45, 2.75) is 4.90 Å². The molecule has 2 heterocycles. The van der Waals surface area contributed by atoms with Crippen LogP contribution in [0.3, 0.4) is 0 Å². The van der Waals surface area contributed by atoms with Gasteiger partial charge < -0.3 is 10.5 Å². The first-order chi connectivity index (χ1) is 9.93. The van der Waals surface area contributed by atoms with Gasteiger partial charge in [-0.3, -0.25) is 5.10 Å². The lowest BCUT2D eigenvalue weighted by Crippen LogP contribution is -1.99. The fourth-order valence-corrected chi connectivity index (χ4v) is 2.40. The Labute approximate surface area is 119 Å². The van der Waals surface area contributed by atoms with Crippen LogP contribution in [0.5, 0.6) is 11.6 Å². The molecule has 0 radical (unpaired) electrons. The van der Waals surface area contributed by atoms with E-state index in [1.807, 2.05) is 0 Å². The molecular weight excluding hydrogens is 294 g/mol. The fraction of sp³-hybridized carbons (Fsp3) is 0.0833. The summed E-state index contributed by atoms with van der Waals surface area (Å²) in [5, 5.41) is 7.10. The van der Waals surface area contributed by atoms with E-state index in [0.29, 0.717) is 16.8 Å². The summed E-state index contributed by atoms with van der Waals surface area (Å²) in [6.07, 6.45) is 2.66. The van der Waals surface area contributed by atoms with Gasteiger partial charge in [0.2, 0.25) is 11.8 Å². The summed E-state index contributed by atoms with van der Waals surface area (Å²) in [7, 11) is -3.24. The minimum atomic E-state index is -3.24. The second-order valence-electron chi connectivity index (χ2n) is 4.36. The topological polar surface area (TPSA) is 124 Å². The number of nitrogens with one attached hydrogen (secondary N) is 1. The zero-order chi connectivity index (χ0) is 15.0. The van der Waals surface area contributed by atoms with Gasteiger partial charge in [-0.05, 0) is 24.3 Å². The van der Waals surface area contributed by atoms with Crippen molar-refractivity contribution in [3.05, 3.63) is 30.5 Å². The maximum atomic E-state index is 11.4. The number of ether oxygens (including phenoxy) is 1. The predicted octanol–water partition coefficient (Wildman–Crippen LogP) is 1.13. The van der Waals surface area contributed by atoms with Crippen molar-refractivity contribution in [1.29, 1.82) is 0 Å². The number of H-pyrrole nitrogens is 1. The van der Waals surface area contributed by atoms with Crippen molar-refractivity contribution < 1.29 is 13.2 Å². The van der Waals surface area contributed by atoms with Crippen LogP contribution in [0.2, 0.25) is 0 Å². The van der Waals surface area contributed by atoms with E-state index >= 15 is 0 Å². The standard InChI is InChI=1S/C12H11N5O3S/c1-21(18,19)8-4-2-7(3-5-8)20-11-9-6-14-17-10(9)15-12(13)16-11/h2-6H,1H3,(H3,13,14,15,16,17). The van der Waals surface area contributed by atoms with E-state index in [4.69, 9.17) is 10.5 Å². The van der Waals surface area contributed by atoms with E-state index in [1.165, 1.54) is 18.3 Å². The summed E-state index contributed by atoms with van der Waals surface area (Å²) in [5.41, 5.74) is 6.05. The van der Waals surface area contributed by atoms with Gasteiger partial charge in [0, 0.05) is 6.26 Å². The van der Waals surface area contributed by atoms with Crippen LogP contribution in [0, 0.1) is 0 Å². The first kappa shape index (κ1) is 13.3. The van der Waals surface area contributed by atoms with Gasteiger partial charge in [-0.25, -0.2) is 8.42 Å². The number of rotatable bonds is 3. The second-order valence-corrected chi connectivity index (χ2v) is 6.38. The molecule has 0 saturated heterocycles. The van der Waals surface area contributed by atoms with E-state index in [0.717, 1.165) is 6.26 Å². The SMILES string of the molecule is CS(=O)(=O)c1ccc(Oc2nc(N)nc3[nH]ncc23)cc1. The lowest BCUT2D eigenvalue weighted by molar-refractivity contribution is 0.469. The van der Waals surface area contributed by atoms with Gasteiger partial charge in [-0.15, -0.1) is 0 Å². The predicted molar refractivity (Wildman–Crippen MR) is 75.7 cm³/mol. The third-order valence-electron chi connectivity index (χ3n) is 2.76. The lowest BCUT2D eigenvalue weighted by Gasteiger charge is -2.06. The average molecular weight is 305 g/mol. The smallest absolute Gasteiger partial charge is 0.235 e. The monoisotopic (exact) mass is 305 g/mol. The summed E-state index contributed by atoms with van der Waals surface area (Å²) in [4.78, 5) is 8.19. The molecule has 3 aromatic rings. The molecular formula is C12H11N5O3S. The van der Waals surface area contributed by atoms with E-state index in [1.54, 1.807) is 12.1 Å². The zero-order valence-corrected chi connectivity index (χ0v) is 11.8. The third-order valence-corrected chi connectivity index (χ3v) is 3.89. The molecule has 9 heteroatoms. The summed E-state index contributed by atoms with van der Waals surface area (Å²) in [6.45, 7) is 0. The molecule has 0 saturated carbocycles. The molecule has 0 bridgehead atoms. The number of fused-ring (bicyclic) bond motifs is 1. The number of sulfone groups is 1. The maximum absolute atomic E-state index is 11.4. The molecule has 3 rings (SSSR count). The van der Waals surface area contributed by atoms with Gasteiger partial charge in [0.25, 0.3) is 0 Å². The van der Waals surface area contributed by atoms with Crippen LogP contribution in [0.1, 0.15) is 0 Å². The quantitative estimate of drug-likeness (QED) is 0.743. The van der Waals surface area contributed by atoms with E-state index in [2.05, 4.69) is 20.2 Å². The molecule has 108 valence electrons. The Kier molecular flexibility index (Phi) is 2.98. The maximum Gasteiger partial charge on any atom is 0.235 e. The van der Waals surface area contributed by atoms with Crippen molar-refractivity contribution in [2.75, 3.05) is 12.0 Å². The van der Waals surface area contributed by atoms with Crippen LogP contribution in [0.15, 0.2) is 35.4 Å². The highest BCUT2D eigenvalue weighted by molar-refractivity contribution is 7.90.